The Balaban J connectivity index is 1.76. The van der Waals surface area contributed by atoms with E-state index >= 15 is 0 Å². The molecule has 1 amide bonds. The number of aryl methyl sites for hydroxylation is 2. The highest BCUT2D eigenvalue weighted by atomic mass is 32.1. The van der Waals surface area contributed by atoms with Gasteiger partial charge in [-0.1, -0.05) is 6.07 Å². The number of aromatic nitrogens is 2. The number of fused-ring (bicyclic) bond motifs is 1. The summed E-state index contributed by atoms with van der Waals surface area (Å²) in [6.07, 6.45) is 1.53. The number of benzene rings is 1. The lowest BCUT2D eigenvalue weighted by atomic mass is 10.1. The Morgan fingerprint density at radius 3 is 2.70 bits per heavy atom. The van der Waals surface area contributed by atoms with Crippen molar-refractivity contribution in [3.05, 3.63) is 64.4 Å². The topological polar surface area (TPSA) is 68.0 Å². The molecule has 4 rings (SSSR count). The van der Waals surface area contributed by atoms with E-state index < -0.39 is 17.5 Å². The molecular formula is C19H13F2N3O2S. The number of furan rings is 1. The fourth-order valence-corrected chi connectivity index (χ4v) is 3.98. The molecular weight excluding hydrogens is 372 g/mol. The summed E-state index contributed by atoms with van der Waals surface area (Å²) in [4.78, 5) is 22.5. The Morgan fingerprint density at radius 1 is 1.15 bits per heavy atom. The number of rotatable bonds is 3. The first-order valence-corrected chi connectivity index (χ1v) is 8.84. The molecule has 0 saturated carbocycles. The maximum Gasteiger partial charge on any atom is 0.266 e. The average molecular weight is 385 g/mol. The number of carbonyl (C=O) groups excluding carboxylic acids is 1. The van der Waals surface area contributed by atoms with Gasteiger partial charge in [0.15, 0.2) is 23.2 Å². The molecule has 3 aromatic heterocycles. The van der Waals surface area contributed by atoms with Crippen molar-refractivity contribution in [2.45, 2.75) is 13.8 Å². The van der Waals surface area contributed by atoms with Gasteiger partial charge in [0, 0.05) is 5.39 Å². The zero-order chi connectivity index (χ0) is 19.1. The largest absolute Gasteiger partial charge is 0.461 e. The van der Waals surface area contributed by atoms with Crippen LogP contribution in [0.15, 0.2) is 41.0 Å². The van der Waals surface area contributed by atoms with Gasteiger partial charge in [-0.15, -0.1) is 11.3 Å². The quantitative estimate of drug-likeness (QED) is 0.533. The predicted molar refractivity (Wildman–Crippen MR) is 98.9 cm³/mol. The standard InChI is InChI=1S/C19H13F2N3O2S/c1-9-14-10(2)22-17(13-7-4-8-26-13)24-19(14)27-16(9)18(25)23-12-6-3-5-11(20)15(12)21/h3-8H,1-2H3,(H,23,25). The van der Waals surface area contributed by atoms with Crippen LogP contribution in [0.1, 0.15) is 20.9 Å². The molecule has 0 saturated heterocycles. The Morgan fingerprint density at radius 2 is 1.96 bits per heavy atom. The molecule has 5 nitrogen and oxygen atoms in total. The fourth-order valence-electron chi connectivity index (χ4n) is 2.85. The van der Waals surface area contributed by atoms with E-state index in [4.69, 9.17) is 4.42 Å². The minimum absolute atomic E-state index is 0.212. The van der Waals surface area contributed by atoms with Crippen molar-refractivity contribution in [2.75, 3.05) is 5.32 Å². The lowest BCUT2D eigenvalue weighted by Gasteiger charge is -2.06. The van der Waals surface area contributed by atoms with Gasteiger partial charge in [0.25, 0.3) is 5.91 Å². The molecule has 136 valence electrons. The summed E-state index contributed by atoms with van der Waals surface area (Å²) in [6.45, 7) is 3.60. The molecule has 0 spiro atoms. The number of anilines is 1. The molecule has 0 aliphatic heterocycles. The van der Waals surface area contributed by atoms with Crippen LogP contribution in [0.4, 0.5) is 14.5 Å². The third kappa shape index (κ3) is 2.97. The number of halogens is 2. The van der Waals surface area contributed by atoms with Gasteiger partial charge in [0.1, 0.15) is 4.83 Å². The minimum atomic E-state index is -1.10. The van der Waals surface area contributed by atoms with Crippen LogP contribution >= 0.6 is 11.3 Å². The minimum Gasteiger partial charge on any atom is -0.461 e. The maximum absolute atomic E-state index is 13.8. The molecule has 0 aliphatic rings. The summed E-state index contributed by atoms with van der Waals surface area (Å²) >= 11 is 1.17. The van der Waals surface area contributed by atoms with Crippen molar-refractivity contribution in [1.29, 1.82) is 0 Å². The van der Waals surface area contributed by atoms with Crippen LogP contribution in [0.2, 0.25) is 0 Å². The number of hydrogen-bond donors (Lipinski definition) is 1. The molecule has 27 heavy (non-hydrogen) atoms. The smallest absolute Gasteiger partial charge is 0.266 e. The summed E-state index contributed by atoms with van der Waals surface area (Å²) in [5.41, 5.74) is 1.18. The van der Waals surface area contributed by atoms with Crippen LogP contribution in [0, 0.1) is 25.5 Å². The van der Waals surface area contributed by atoms with E-state index in [1.807, 2.05) is 6.92 Å². The number of nitrogens with one attached hydrogen (secondary N) is 1. The van der Waals surface area contributed by atoms with Gasteiger partial charge in [-0.3, -0.25) is 4.79 Å². The number of carbonyl (C=O) groups is 1. The molecule has 0 unspecified atom stereocenters. The predicted octanol–water partition coefficient (Wildman–Crippen LogP) is 5.10. The summed E-state index contributed by atoms with van der Waals surface area (Å²) in [7, 11) is 0. The van der Waals surface area contributed by atoms with E-state index in [9.17, 15) is 13.6 Å². The normalized spacial score (nSPS) is 11.1. The summed E-state index contributed by atoms with van der Waals surface area (Å²) in [5, 5.41) is 3.18. The maximum atomic E-state index is 13.8. The molecule has 0 radical (unpaired) electrons. The van der Waals surface area contributed by atoms with Crippen LogP contribution in [0.25, 0.3) is 21.8 Å². The lowest BCUT2D eigenvalue weighted by Crippen LogP contribution is -2.13. The van der Waals surface area contributed by atoms with Crippen LogP contribution in [0.3, 0.4) is 0 Å². The van der Waals surface area contributed by atoms with Gasteiger partial charge in [-0.25, -0.2) is 18.7 Å². The van der Waals surface area contributed by atoms with E-state index in [1.54, 1.807) is 19.1 Å². The second kappa shape index (κ2) is 6.55. The zero-order valence-corrected chi connectivity index (χ0v) is 15.2. The average Bonchev–Trinajstić information content (AvgIpc) is 3.27. The highest BCUT2D eigenvalue weighted by Gasteiger charge is 2.21. The molecule has 0 fully saturated rings. The number of hydrogen-bond acceptors (Lipinski definition) is 5. The van der Waals surface area contributed by atoms with Gasteiger partial charge in [-0.2, -0.15) is 0 Å². The van der Waals surface area contributed by atoms with Gasteiger partial charge in [0.05, 0.1) is 22.5 Å². The van der Waals surface area contributed by atoms with Crippen molar-refractivity contribution < 1.29 is 18.0 Å². The van der Waals surface area contributed by atoms with Gasteiger partial charge < -0.3 is 9.73 Å². The van der Waals surface area contributed by atoms with Crippen molar-refractivity contribution >= 4 is 33.1 Å². The van der Waals surface area contributed by atoms with Crippen LogP contribution in [-0.4, -0.2) is 15.9 Å². The first kappa shape index (κ1) is 17.3. The van der Waals surface area contributed by atoms with Gasteiger partial charge in [0.2, 0.25) is 0 Å². The number of nitrogens with zero attached hydrogens (tertiary/aromatic N) is 2. The third-order valence-electron chi connectivity index (χ3n) is 4.12. The van der Waals surface area contributed by atoms with E-state index in [0.29, 0.717) is 32.5 Å². The molecule has 1 N–H and O–H groups in total. The summed E-state index contributed by atoms with van der Waals surface area (Å²) in [6, 6.07) is 7.12. The first-order chi connectivity index (χ1) is 13.0. The fraction of sp³-hybridized carbons (Fsp3) is 0.105. The molecule has 8 heteroatoms. The number of amides is 1. The van der Waals surface area contributed by atoms with Crippen molar-refractivity contribution in [2.24, 2.45) is 0 Å². The van der Waals surface area contributed by atoms with Crippen molar-refractivity contribution in [1.82, 2.24) is 9.97 Å². The lowest BCUT2D eigenvalue weighted by molar-refractivity contribution is 0.102. The van der Waals surface area contributed by atoms with Gasteiger partial charge >= 0.3 is 0 Å². The summed E-state index contributed by atoms with van der Waals surface area (Å²) in [5.74, 6) is -1.70. The molecule has 3 heterocycles. The SMILES string of the molecule is Cc1nc(-c2ccco2)nc2sc(C(=O)Nc3cccc(F)c3F)c(C)c12. The Bertz CT molecular complexity index is 1170. The monoisotopic (exact) mass is 385 g/mol. The van der Waals surface area contributed by atoms with Crippen LogP contribution in [-0.2, 0) is 0 Å². The molecule has 0 aliphatic carbocycles. The van der Waals surface area contributed by atoms with Crippen molar-refractivity contribution in [3.8, 4) is 11.6 Å². The molecule has 1 aromatic carbocycles. The van der Waals surface area contributed by atoms with E-state index in [-0.39, 0.29) is 5.69 Å². The van der Waals surface area contributed by atoms with E-state index in [0.717, 1.165) is 11.5 Å². The Hall–Kier alpha value is -3.13. The van der Waals surface area contributed by atoms with E-state index in [2.05, 4.69) is 15.3 Å². The summed E-state index contributed by atoms with van der Waals surface area (Å²) < 4.78 is 32.5. The second-order valence-electron chi connectivity index (χ2n) is 5.90. The van der Waals surface area contributed by atoms with E-state index in [1.165, 1.54) is 29.7 Å². The Kier molecular flexibility index (Phi) is 4.19. The van der Waals surface area contributed by atoms with Crippen LogP contribution in [0.5, 0.6) is 0 Å². The Labute approximate surface area is 156 Å². The van der Waals surface area contributed by atoms with Crippen molar-refractivity contribution in [3.63, 3.8) is 0 Å². The van der Waals surface area contributed by atoms with Crippen LogP contribution < -0.4 is 5.32 Å². The molecule has 4 aromatic rings. The molecule has 0 atom stereocenters. The first-order valence-electron chi connectivity index (χ1n) is 8.02. The highest BCUT2D eigenvalue weighted by molar-refractivity contribution is 7.20. The third-order valence-corrected chi connectivity index (χ3v) is 5.30. The zero-order valence-electron chi connectivity index (χ0n) is 14.3. The second-order valence-corrected chi connectivity index (χ2v) is 6.90. The highest BCUT2D eigenvalue weighted by Crippen LogP contribution is 2.33. The van der Waals surface area contributed by atoms with Gasteiger partial charge in [-0.05, 0) is 43.7 Å². The molecule has 0 bridgehead atoms. The number of thiophene rings is 1.